The van der Waals surface area contributed by atoms with Crippen LogP contribution in [0.3, 0.4) is 0 Å². The Labute approximate surface area is 183 Å². The van der Waals surface area contributed by atoms with Crippen LogP contribution in [0.25, 0.3) is 0 Å². The Morgan fingerprint density at radius 2 is 1.68 bits per heavy atom. The quantitative estimate of drug-likeness (QED) is 0.771. The smallest absolute Gasteiger partial charge is 0.248 e. The van der Waals surface area contributed by atoms with E-state index in [2.05, 4.69) is 9.80 Å². The first-order valence-corrected chi connectivity index (χ1v) is 10.6. The summed E-state index contributed by atoms with van der Waals surface area (Å²) in [4.78, 5) is 30.6. The fourth-order valence-electron chi connectivity index (χ4n) is 3.79. The molecule has 0 bridgehead atoms. The number of rotatable bonds is 6. The molecule has 0 spiro atoms. The predicted octanol–water partition coefficient (Wildman–Crippen LogP) is 2.87. The third-order valence-corrected chi connectivity index (χ3v) is 5.59. The van der Waals surface area contributed by atoms with Crippen molar-refractivity contribution in [2.24, 2.45) is 5.73 Å². The maximum atomic E-state index is 13.6. The standard InChI is InChI=1S/C24H31FN4O2/c1-24(2,3)29(16-18-5-4-6-20(25)15-18)22(30)17-27-11-13-28(14-12-27)21-9-7-19(8-10-21)23(26)31/h4-10,15H,11-14,16-17H2,1-3H3,(H2,26,31). The monoisotopic (exact) mass is 426 g/mol. The van der Waals surface area contributed by atoms with Crippen molar-refractivity contribution in [3.05, 3.63) is 65.5 Å². The number of anilines is 1. The van der Waals surface area contributed by atoms with Crippen molar-refractivity contribution >= 4 is 17.5 Å². The largest absolute Gasteiger partial charge is 0.369 e. The highest BCUT2D eigenvalue weighted by molar-refractivity contribution is 5.93. The van der Waals surface area contributed by atoms with Crippen molar-refractivity contribution in [2.75, 3.05) is 37.6 Å². The van der Waals surface area contributed by atoms with E-state index in [0.717, 1.165) is 37.4 Å². The minimum Gasteiger partial charge on any atom is -0.369 e. The van der Waals surface area contributed by atoms with Crippen LogP contribution in [-0.2, 0) is 11.3 Å². The molecule has 1 aliphatic heterocycles. The van der Waals surface area contributed by atoms with Gasteiger partial charge in [0.15, 0.2) is 0 Å². The normalized spacial score (nSPS) is 15.0. The van der Waals surface area contributed by atoms with Crippen LogP contribution >= 0.6 is 0 Å². The van der Waals surface area contributed by atoms with Crippen LogP contribution in [0.15, 0.2) is 48.5 Å². The first kappa shape index (κ1) is 22.7. The number of benzene rings is 2. The summed E-state index contributed by atoms with van der Waals surface area (Å²) in [5, 5.41) is 0. The second-order valence-corrected chi connectivity index (χ2v) is 8.95. The molecule has 2 amide bonds. The van der Waals surface area contributed by atoms with E-state index in [1.165, 1.54) is 12.1 Å². The summed E-state index contributed by atoms with van der Waals surface area (Å²) in [5.41, 5.74) is 7.26. The van der Waals surface area contributed by atoms with Crippen molar-refractivity contribution in [1.82, 2.24) is 9.80 Å². The van der Waals surface area contributed by atoms with Crippen LogP contribution in [0.5, 0.6) is 0 Å². The van der Waals surface area contributed by atoms with E-state index in [1.54, 1.807) is 18.2 Å². The van der Waals surface area contributed by atoms with E-state index in [-0.39, 0.29) is 17.3 Å². The van der Waals surface area contributed by atoms with E-state index in [0.29, 0.717) is 18.7 Å². The minimum absolute atomic E-state index is 0.0380. The number of halogens is 1. The van der Waals surface area contributed by atoms with Gasteiger partial charge in [-0.2, -0.15) is 0 Å². The van der Waals surface area contributed by atoms with Gasteiger partial charge in [0.2, 0.25) is 11.8 Å². The van der Waals surface area contributed by atoms with Crippen LogP contribution in [0.4, 0.5) is 10.1 Å². The number of nitrogens with zero attached hydrogens (tertiary/aromatic N) is 3. The molecule has 7 heteroatoms. The lowest BCUT2D eigenvalue weighted by Crippen LogP contribution is -2.53. The lowest BCUT2D eigenvalue weighted by atomic mass is 10.0. The lowest BCUT2D eigenvalue weighted by molar-refractivity contribution is -0.138. The number of hydrogen-bond acceptors (Lipinski definition) is 4. The number of carbonyl (C=O) groups excluding carboxylic acids is 2. The van der Waals surface area contributed by atoms with Crippen LogP contribution in [0.1, 0.15) is 36.7 Å². The van der Waals surface area contributed by atoms with Crippen molar-refractivity contribution in [3.63, 3.8) is 0 Å². The van der Waals surface area contributed by atoms with Crippen LogP contribution < -0.4 is 10.6 Å². The topological polar surface area (TPSA) is 69.9 Å². The molecule has 1 fully saturated rings. The lowest BCUT2D eigenvalue weighted by Gasteiger charge is -2.40. The number of piperazine rings is 1. The van der Waals surface area contributed by atoms with Gasteiger partial charge >= 0.3 is 0 Å². The average Bonchev–Trinajstić information content (AvgIpc) is 2.72. The van der Waals surface area contributed by atoms with Gasteiger partial charge in [-0.15, -0.1) is 0 Å². The van der Waals surface area contributed by atoms with Gasteiger partial charge in [0, 0.05) is 49.5 Å². The highest BCUT2D eigenvalue weighted by Crippen LogP contribution is 2.20. The third kappa shape index (κ3) is 6.04. The molecule has 0 aromatic heterocycles. The molecule has 0 saturated carbocycles. The van der Waals surface area contributed by atoms with Gasteiger partial charge in [-0.1, -0.05) is 12.1 Å². The van der Waals surface area contributed by atoms with Crippen molar-refractivity contribution in [3.8, 4) is 0 Å². The summed E-state index contributed by atoms with van der Waals surface area (Å²) in [6.07, 6.45) is 0. The Hall–Kier alpha value is -2.93. The Bertz CT molecular complexity index is 916. The Balaban J connectivity index is 1.58. The Morgan fingerprint density at radius 1 is 1.03 bits per heavy atom. The second kappa shape index (κ2) is 9.47. The summed E-state index contributed by atoms with van der Waals surface area (Å²) in [5.74, 6) is -0.689. The number of hydrogen-bond donors (Lipinski definition) is 1. The van der Waals surface area contributed by atoms with E-state index in [4.69, 9.17) is 5.73 Å². The van der Waals surface area contributed by atoms with Crippen molar-refractivity contribution in [2.45, 2.75) is 32.9 Å². The maximum Gasteiger partial charge on any atom is 0.248 e. The van der Waals surface area contributed by atoms with Crippen LogP contribution in [0.2, 0.25) is 0 Å². The van der Waals surface area contributed by atoms with E-state index in [1.807, 2.05) is 43.9 Å². The predicted molar refractivity (Wildman–Crippen MR) is 120 cm³/mol. The molecule has 31 heavy (non-hydrogen) atoms. The molecule has 0 unspecified atom stereocenters. The van der Waals surface area contributed by atoms with Gasteiger partial charge in [-0.3, -0.25) is 14.5 Å². The minimum atomic E-state index is -0.434. The van der Waals surface area contributed by atoms with Gasteiger partial charge in [0.1, 0.15) is 5.82 Å². The van der Waals surface area contributed by atoms with Crippen molar-refractivity contribution in [1.29, 1.82) is 0 Å². The summed E-state index contributed by atoms with van der Waals surface area (Å²) < 4.78 is 13.6. The Kier molecular flexibility index (Phi) is 6.95. The molecule has 0 atom stereocenters. The molecular formula is C24H31FN4O2. The molecule has 1 saturated heterocycles. The molecule has 3 rings (SSSR count). The molecular weight excluding hydrogens is 395 g/mol. The first-order valence-electron chi connectivity index (χ1n) is 10.6. The molecule has 2 aromatic carbocycles. The second-order valence-electron chi connectivity index (χ2n) is 8.95. The van der Waals surface area contributed by atoms with Gasteiger partial charge in [-0.05, 0) is 62.7 Å². The highest BCUT2D eigenvalue weighted by atomic mass is 19.1. The molecule has 1 aliphatic rings. The number of nitrogens with two attached hydrogens (primary N) is 1. The fourth-order valence-corrected chi connectivity index (χ4v) is 3.79. The molecule has 6 nitrogen and oxygen atoms in total. The van der Waals surface area contributed by atoms with Gasteiger partial charge in [0.05, 0.1) is 6.54 Å². The zero-order chi connectivity index (χ0) is 22.6. The Morgan fingerprint density at radius 3 is 2.23 bits per heavy atom. The summed E-state index contributed by atoms with van der Waals surface area (Å²) in [6, 6.07) is 13.7. The highest BCUT2D eigenvalue weighted by Gasteiger charge is 2.29. The molecule has 0 aliphatic carbocycles. The SMILES string of the molecule is CC(C)(C)N(Cc1cccc(F)c1)C(=O)CN1CCN(c2ccc(C(N)=O)cc2)CC1. The molecule has 2 aromatic rings. The van der Waals surface area contributed by atoms with E-state index in [9.17, 15) is 14.0 Å². The molecule has 166 valence electrons. The van der Waals surface area contributed by atoms with E-state index >= 15 is 0 Å². The van der Waals surface area contributed by atoms with Gasteiger partial charge in [0.25, 0.3) is 0 Å². The number of primary amides is 1. The number of amides is 2. The molecule has 0 radical (unpaired) electrons. The average molecular weight is 427 g/mol. The summed E-state index contributed by atoms with van der Waals surface area (Å²) in [7, 11) is 0. The summed E-state index contributed by atoms with van der Waals surface area (Å²) in [6.45, 7) is 9.83. The fraction of sp³-hybridized carbons (Fsp3) is 0.417. The first-order chi connectivity index (χ1) is 14.6. The summed E-state index contributed by atoms with van der Waals surface area (Å²) >= 11 is 0. The third-order valence-electron chi connectivity index (χ3n) is 5.59. The van der Waals surface area contributed by atoms with E-state index < -0.39 is 5.91 Å². The van der Waals surface area contributed by atoms with Crippen LogP contribution in [0, 0.1) is 5.82 Å². The van der Waals surface area contributed by atoms with Gasteiger partial charge < -0.3 is 15.5 Å². The van der Waals surface area contributed by atoms with Gasteiger partial charge in [-0.25, -0.2) is 4.39 Å². The molecule has 1 heterocycles. The zero-order valence-electron chi connectivity index (χ0n) is 18.5. The maximum absolute atomic E-state index is 13.6. The van der Waals surface area contributed by atoms with Crippen LogP contribution in [-0.4, -0.2) is 59.9 Å². The van der Waals surface area contributed by atoms with Crippen molar-refractivity contribution < 1.29 is 14.0 Å². The molecule has 2 N–H and O–H groups in total. The zero-order valence-corrected chi connectivity index (χ0v) is 18.5. The number of carbonyl (C=O) groups is 2.